The molecule has 1 heterocycles. The largest absolute Gasteiger partial charge is 0.388 e. The van der Waals surface area contributed by atoms with E-state index in [2.05, 4.69) is 10.1 Å². The summed E-state index contributed by atoms with van der Waals surface area (Å²) in [6.07, 6.45) is -3.66. The van der Waals surface area contributed by atoms with E-state index in [0.29, 0.717) is 0 Å². The Balaban J connectivity index is 2.60. The van der Waals surface area contributed by atoms with Crippen molar-refractivity contribution in [1.82, 2.24) is 5.32 Å². The highest BCUT2D eigenvalue weighted by Crippen LogP contribution is 2.13. The van der Waals surface area contributed by atoms with Gasteiger partial charge >= 0.3 is 0 Å². The number of rotatable bonds is 1. The second-order valence-electron chi connectivity index (χ2n) is 3.01. The minimum atomic E-state index is -1.36. The average Bonchev–Trinajstić information content (AvgIpc) is 2.05. The van der Waals surface area contributed by atoms with Gasteiger partial charge in [0.05, 0.1) is 12.6 Å². The van der Waals surface area contributed by atoms with Crippen molar-refractivity contribution < 1.29 is 24.9 Å². The van der Waals surface area contributed by atoms with E-state index >= 15 is 0 Å². The first-order valence-corrected chi connectivity index (χ1v) is 3.95. The number of aliphatic hydroxyl groups excluding tert-OH is 3. The molecule has 0 aliphatic carbocycles. The van der Waals surface area contributed by atoms with Crippen molar-refractivity contribution in [3.8, 4) is 0 Å². The topological polar surface area (TPSA) is 99.0 Å². The lowest BCUT2D eigenvalue weighted by Gasteiger charge is -2.35. The van der Waals surface area contributed by atoms with Crippen LogP contribution in [0.5, 0.6) is 0 Å². The summed E-state index contributed by atoms with van der Waals surface area (Å²) < 4.78 is 4.62. The minimum Gasteiger partial charge on any atom is -0.388 e. The van der Waals surface area contributed by atoms with Crippen molar-refractivity contribution in [2.45, 2.75) is 31.5 Å². The third kappa shape index (κ3) is 2.38. The summed E-state index contributed by atoms with van der Waals surface area (Å²) in [6, 6.07) is -0.874. The molecule has 4 N–H and O–H groups in total. The molecule has 4 atom stereocenters. The fourth-order valence-electron chi connectivity index (χ4n) is 1.22. The first kappa shape index (κ1) is 10.4. The molecule has 0 bridgehead atoms. The molecule has 1 amide bonds. The van der Waals surface area contributed by atoms with Gasteiger partial charge in [-0.1, -0.05) is 0 Å². The molecule has 76 valence electrons. The first-order chi connectivity index (χ1) is 6.02. The highest BCUT2D eigenvalue weighted by molar-refractivity contribution is 5.73. The van der Waals surface area contributed by atoms with Crippen LogP contribution in [0.2, 0.25) is 0 Å². The lowest BCUT2D eigenvalue weighted by molar-refractivity contribution is -0.223. The van der Waals surface area contributed by atoms with Gasteiger partial charge in [0.15, 0.2) is 6.29 Å². The van der Waals surface area contributed by atoms with Crippen LogP contribution >= 0.6 is 0 Å². The van der Waals surface area contributed by atoms with E-state index in [9.17, 15) is 15.0 Å². The summed E-state index contributed by atoms with van der Waals surface area (Å²) in [4.78, 5) is 10.7. The molecule has 0 spiro atoms. The van der Waals surface area contributed by atoms with Gasteiger partial charge in [-0.25, -0.2) is 0 Å². The number of amides is 1. The van der Waals surface area contributed by atoms with Crippen LogP contribution in [0.4, 0.5) is 0 Å². The van der Waals surface area contributed by atoms with Crippen molar-refractivity contribution in [3.05, 3.63) is 0 Å². The molecule has 1 aliphatic heterocycles. The third-order valence-electron chi connectivity index (χ3n) is 1.88. The fourth-order valence-corrected chi connectivity index (χ4v) is 1.22. The molecule has 0 aromatic carbocycles. The van der Waals surface area contributed by atoms with E-state index in [1.807, 2.05) is 0 Å². The normalized spacial score (nSPS) is 40.0. The van der Waals surface area contributed by atoms with Crippen molar-refractivity contribution in [2.75, 3.05) is 6.61 Å². The molecule has 6 heteroatoms. The van der Waals surface area contributed by atoms with Crippen LogP contribution in [0, 0.1) is 0 Å². The van der Waals surface area contributed by atoms with Crippen LogP contribution in [0.15, 0.2) is 0 Å². The Morgan fingerprint density at radius 2 is 2.08 bits per heavy atom. The molecule has 1 rings (SSSR count). The van der Waals surface area contributed by atoms with Crippen LogP contribution in [-0.4, -0.2) is 52.4 Å². The second kappa shape index (κ2) is 4.01. The summed E-state index contributed by atoms with van der Waals surface area (Å²) in [5.41, 5.74) is 0. The van der Waals surface area contributed by atoms with Gasteiger partial charge in [-0.05, 0) is 0 Å². The molecular formula is C7H13NO5. The van der Waals surface area contributed by atoms with Gasteiger partial charge in [0.25, 0.3) is 0 Å². The van der Waals surface area contributed by atoms with E-state index in [0.717, 1.165) is 0 Å². The molecule has 0 aromatic heterocycles. The minimum absolute atomic E-state index is 0.108. The standard InChI is InChI=1S/C7H13NO5/c1-3(9)8-5-4(10)2-13-7(12)6(5)11/h4-7,10-12H,2H2,1H3,(H,8,9). The Bertz CT molecular complexity index is 197. The zero-order valence-corrected chi connectivity index (χ0v) is 7.17. The predicted octanol–water partition coefficient (Wildman–Crippen LogP) is -2.44. The molecule has 0 aromatic rings. The molecule has 6 nitrogen and oxygen atoms in total. The van der Waals surface area contributed by atoms with Crippen molar-refractivity contribution in [1.29, 1.82) is 0 Å². The average molecular weight is 191 g/mol. The Kier molecular flexibility index (Phi) is 3.21. The van der Waals surface area contributed by atoms with Gasteiger partial charge < -0.3 is 25.4 Å². The summed E-state index contributed by atoms with van der Waals surface area (Å²) in [6.45, 7) is 1.16. The lowest BCUT2D eigenvalue weighted by Crippen LogP contribution is -2.60. The van der Waals surface area contributed by atoms with E-state index in [-0.39, 0.29) is 12.5 Å². The summed E-state index contributed by atoms with van der Waals surface area (Å²) in [5, 5.41) is 30.0. The highest BCUT2D eigenvalue weighted by Gasteiger charge is 2.38. The van der Waals surface area contributed by atoms with Crippen molar-refractivity contribution >= 4 is 5.91 Å². The Morgan fingerprint density at radius 1 is 1.46 bits per heavy atom. The van der Waals surface area contributed by atoms with Gasteiger partial charge in [-0.2, -0.15) is 0 Å². The molecule has 13 heavy (non-hydrogen) atoms. The second-order valence-corrected chi connectivity index (χ2v) is 3.01. The Labute approximate surface area is 75.1 Å². The Morgan fingerprint density at radius 3 is 2.62 bits per heavy atom. The highest BCUT2D eigenvalue weighted by atomic mass is 16.6. The molecule has 4 unspecified atom stereocenters. The number of nitrogens with one attached hydrogen (secondary N) is 1. The summed E-state index contributed by atoms with van der Waals surface area (Å²) in [7, 11) is 0. The van der Waals surface area contributed by atoms with E-state index < -0.39 is 24.5 Å². The molecule has 0 saturated carbocycles. The number of hydrogen-bond acceptors (Lipinski definition) is 5. The van der Waals surface area contributed by atoms with E-state index in [1.54, 1.807) is 0 Å². The smallest absolute Gasteiger partial charge is 0.217 e. The van der Waals surface area contributed by atoms with Crippen molar-refractivity contribution in [2.24, 2.45) is 0 Å². The van der Waals surface area contributed by atoms with Crippen LogP contribution in [-0.2, 0) is 9.53 Å². The maximum atomic E-state index is 10.7. The maximum absolute atomic E-state index is 10.7. The van der Waals surface area contributed by atoms with Crippen molar-refractivity contribution in [3.63, 3.8) is 0 Å². The van der Waals surface area contributed by atoms with Crippen LogP contribution in [0.25, 0.3) is 0 Å². The third-order valence-corrected chi connectivity index (χ3v) is 1.88. The molecule has 0 radical (unpaired) electrons. The van der Waals surface area contributed by atoms with Crippen LogP contribution < -0.4 is 5.32 Å². The predicted molar refractivity (Wildman–Crippen MR) is 41.6 cm³/mol. The van der Waals surface area contributed by atoms with Crippen LogP contribution in [0.3, 0.4) is 0 Å². The van der Waals surface area contributed by atoms with Crippen LogP contribution in [0.1, 0.15) is 6.92 Å². The molecular weight excluding hydrogens is 178 g/mol. The molecule has 1 saturated heterocycles. The molecule has 1 aliphatic rings. The van der Waals surface area contributed by atoms with E-state index in [4.69, 9.17) is 5.11 Å². The summed E-state index contributed by atoms with van der Waals surface area (Å²) >= 11 is 0. The Hall–Kier alpha value is -0.690. The van der Waals surface area contributed by atoms with Gasteiger partial charge in [0.1, 0.15) is 12.2 Å². The SMILES string of the molecule is CC(=O)NC1C(O)COC(O)C1O. The summed E-state index contributed by atoms with van der Waals surface area (Å²) in [5.74, 6) is -0.378. The zero-order valence-electron chi connectivity index (χ0n) is 7.17. The van der Waals surface area contributed by atoms with Gasteiger partial charge in [-0.15, -0.1) is 0 Å². The number of carbonyl (C=O) groups is 1. The number of aliphatic hydroxyl groups is 3. The monoisotopic (exact) mass is 191 g/mol. The lowest BCUT2D eigenvalue weighted by atomic mass is 10.0. The maximum Gasteiger partial charge on any atom is 0.217 e. The van der Waals surface area contributed by atoms with E-state index in [1.165, 1.54) is 6.92 Å². The molecule has 1 fully saturated rings. The van der Waals surface area contributed by atoms with Gasteiger partial charge in [0, 0.05) is 6.92 Å². The quantitative estimate of drug-likeness (QED) is 0.369. The number of hydrogen-bond donors (Lipinski definition) is 4. The number of ether oxygens (including phenoxy) is 1. The van der Waals surface area contributed by atoms with Gasteiger partial charge in [-0.3, -0.25) is 4.79 Å². The zero-order chi connectivity index (χ0) is 10.0. The number of carbonyl (C=O) groups excluding carboxylic acids is 1. The first-order valence-electron chi connectivity index (χ1n) is 3.95. The van der Waals surface area contributed by atoms with Gasteiger partial charge in [0.2, 0.25) is 5.91 Å². The fraction of sp³-hybridized carbons (Fsp3) is 0.857.